The molecule has 100 valence electrons. The maximum Gasteiger partial charge on any atom is 0.389 e. The molecule has 0 atom stereocenters. The number of rotatable bonds is 5. The van der Waals surface area contributed by atoms with Crippen LogP contribution in [-0.2, 0) is 0 Å². The first-order valence-electron chi connectivity index (χ1n) is 5.27. The number of methoxy groups -OCH3 is 1. The van der Waals surface area contributed by atoms with Gasteiger partial charge in [0.2, 0.25) is 0 Å². The van der Waals surface area contributed by atoms with E-state index in [0.29, 0.717) is 15.8 Å². The van der Waals surface area contributed by atoms with Gasteiger partial charge in [0.05, 0.1) is 11.6 Å². The third-order valence-corrected chi connectivity index (χ3v) is 2.96. The average Bonchev–Trinajstić information content (AvgIpc) is 2.27. The Morgan fingerprint density at radius 1 is 1.39 bits per heavy atom. The Hall–Kier alpha value is -1.04. The van der Waals surface area contributed by atoms with Gasteiger partial charge in [-0.2, -0.15) is 13.2 Å². The van der Waals surface area contributed by atoms with E-state index in [4.69, 9.17) is 4.74 Å². The van der Waals surface area contributed by atoms with Crippen LogP contribution in [-0.4, -0.2) is 19.1 Å². The minimum absolute atomic E-state index is 0.113. The van der Waals surface area contributed by atoms with Crippen LogP contribution in [0, 0.1) is 0 Å². The lowest BCUT2D eigenvalue weighted by molar-refractivity contribution is -0.135. The predicted octanol–water partition coefficient (Wildman–Crippen LogP) is 4.37. The van der Waals surface area contributed by atoms with Crippen molar-refractivity contribution in [3.05, 3.63) is 28.2 Å². The van der Waals surface area contributed by atoms with Gasteiger partial charge < -0.3 is 4.74 Å². The first kappa shape index (κ1) is 15.0. The molecule has 0 saturated carbocycles. The van der Waals surface area contributed by atoms with Crippen molar-refractivity contribution in [3.63, 3.8) is 0 Å². The molecule has 0 aliphatic carbocycles. The Labute approximate surface area is 111 Å². The Morgan fingerprint density at radius 2 is 2.06 bits per heavy atom. The van der Waals surface area contributed by atoms with E-state index >= 15 is 0 Å². The number of halogens is 4. The van der Waals surface area contributed by atoms with Gasteiger partial charge in [0.1, 0.15) is 5.75 Å². The lowest BCUT2D eigenvalue weighted by Crippen LogP contribution is -2.08. The van der Waals surface area contributed by atoms with Crippen LogP contribution >= 0.6 is 15.9 Å². The average molecular weight is 325 g/mol. The molecule has 0 bridgehead atoms. The molecule has 0 fully saturated rings. The monoisotopic (exact) mass is 324 g/mol. The second-order valence-electron chi connectivity index (χ2n) is 3.74. The molecule has 0 radical (unpaired) electrons. The van der Waals surface area contributed by atoms with Crippen molar-refractivity contribution in [2.45, 2.75) is 25.4 Å². The molecule has 0 aliphatic heterocycles. The Morgan fingerprint density at radius 3 is 2.56 bits per heavy atom. The number of Topliss-reactive ketones (excluding diaryl/α,β-unsaturated/α-hetero) is 1. The Kier molecular flexibility index (Phi) is 5.19. The van der Waals surface area contributed by atoms with Gasteiger partial charge in [0, 0.05) is 18.4 Å². The Bertz CT molecular complexity index is 430. The summed E-state index contributed by atoms with van der Waals surface area (Å²) < 4.78 is 41.4. The van der Waals surface area contributed by atoms with Crippen LogP contribution in [0.25, 0.3) is 0 Å². The standard InChI is InChI=1S/C12H12BrF3O2/c1-18-11-5-4-8(7-9(11)13)10(17)3-2-6-12(14,15)16/h4-5,7H,2-3,6H2,1H3. The fourth-order valence-electron chi connectivity index (χ4n) is 1.43. The second kappa shape index (κ2) is 6.22. The number of hydrogen-bond donors (Lipinski definition) is 0. The van der Waals surface area contributed by atoms with E-state index in [2.05, 4.69) is 15.9 Å². The minimum Gasteiger partial charge on any atom is -0.496 e. The van der Waals surface area contributed by atoms with Gasteiger partial charge in [-0.25, -0.2) is 0 Å². The summed E-state index contributed by atoms with van der Waals surface area (Å²) in [6.07, 6.45) is -5.44. The van der Waals surface area contributed by atoms with Crippen molar-refractivity contribution < 1.29 is 22.7 Å². The molecule has 0 unspecified atom stereocenters. The van der Waals surface area contributed by atoms with Crippen molar-refractivity contribution in [1.29, 1.82) is 0 Å². The third-order valence-electron chi connectivity index (χ3n) is 2.34. The summed E-state index contributed by atoms with van der Waals surface area (Å²) in [5.74, 6) is 0.268. The molecule has 1 aromatic carbocycles. The highest BCUT2D eigenvalue weighted by Gasteiger charge is 2.26. The molecule has 1 aromatic rings. The molecule has 0 aliphatic rings. The molecule has 0 saturated heterocycles. The first-order chi connectivity index (χ1) is 8.33. The highest BCUT2D eigenvalue weighted by molar-refractivity contribution is 9.10. The lowest BCUT2D eigenvalue weighted by Gasteiger charge is -2.07. The molecule has 0 heterocycles. The zero-order chi connectivity index (χ0) is 13.8. The van der Waals surface area contributed by atoms with Gasteiger partial charge in [0.15, 0.2) is 5.78 Å². The van der Waals surface area contributed by atoms with Gasteiger partial charge in [-0.05, 0) is 40.5 Å². The van der Waals surface area contributed by atoms with Gasteiger partial charge >= 0.3 is 6.18 Å². The van der Waals surface area contributed by atoms with Crippen LogP contribution in [0.3, 0.4) is 0 Å². The summed E-state index contributed by atoms with van der Waals surface area (Å²) in [6, 6.07) is 4.69. The smallest absolute Gasteiger partial charge is 0.389 e. The zero-order valence-corrected chi connectivity index (χ0v) is 11.3. The predicted molar refractivity (Wildman–Crippen MR) is 64.9 cm³/mol. The van der Waals surface area contributed by atoms with Crippen LogP contribution in [0.2, 0.25) is 0 Å². The molecule has 0 aromatic heterocycles. The summed E-state index contributed by atoms with van der Waals surface area (Å²) in [7, 11) is 1.49. The van der Waals surface area contributed by atoms with E-state index in [0.717, 1.165) is 0 Å². The quantitative estimate of drug-likeness (QED) is 0.751. The fraction of sp³-hybridized carbons (Fsp3) is 0.417. The highest BCUT2D eigenvalue weighted by atomic mass is 79.9. The molecule has 0 spiro atoms. The summed E-state index contributed by atoms with van der Waals surface area (Å²) in [4.78, 5) is 11.7. The molecule has 0 amide bonds. The number of carbonyl (C=O) groups is 1. The maximum absolute atomic E-state index is 11.9. The number of benzene rings is 1. The number of alkyl halides is 3. The minimum atomic E-state index is -4.21. The summed E-state index contributed by atoms with van der Waals surface area (Å²) in [5.41, 5.74) is 0.379. The molecule has 6 heteroatoms. The van der Waals surface area contributed by atoms with Gasteiger partial charge in [-0.15, -0.1) is 0 Å². The number of carbonyl (C=O) groups excluding carboxylic acids is 1. The van der Waals surface area contributed by atoms with E-state index < -0.39 is 12.6 Å². The molecule has 1 rings (SSSR count). The van der Waals surface area contributed by atoms with Crippen molar-refractivity contribution in [1.82, 2.24) is 0 Å². The normalized spacial score (nSPS) is 11.4. The summed E-state index contributed by atoms with van der Waals surface area (Å²) in [6.45, 7) is 0. The Balaban J connectivity index is 2.59. The van der Waals surface area contributed by atoms with Crippen LogP contribution in [0.1, 0.15) is 29.6 Å². The molecule has 0 N–H and O–H groups in total. The number of ketones is 1. The van der Waals surface area contributed by atoms with E-state index in [1.807, 2.05) is 0 Å². The van der Waals surface area contributed by atoms with Crippen LogP contribution in [0.4, 0.5) is 13.2 Å². The maximum atomic E-state index is 11.9. The van der Waals surface area contributed by atoms with E-state index in [1.165, 1.54) is 7.11 Å². The van der Waals surface area contributed by atoms with Crippen LogP contribution in [0.15, 0.2) is 22.7 Å². The number of ether oxygens (including phenoxy) is 1. The van der Waals surface area contributed by atoms with Crippen LogP contribution in [0.5, 0.6) is 5.75 Å². The van der Waals surface area contributed by atoms with Gasteiger partial charge in [-0.1, -0.05) is 0 Å². The van der Waals surface area contributed by atoms with Crippen molar-refractivity contribution in [2.75, 3.05) is 7.11 Å². The van der Waals surface area contributed by atoms with Crippen LogP contribution < -0.4 is 4.74 Å². The second-order valence-corrected chi connectivity index (χ2v) is 4.60. The summed E-state index contributed by atoms with van der Waals surface area (Å²) in [5, 5.41) is 0. The van der Waals surface area contributed by atoms with E-state index in [-0.39, 0.29) is 18.6 Å². The zero-order valence-electron chi connectivity index (χ0n) is 9.68. The molecule has 2 nitrogen and oxygen atoms in total. The summed E-state index contributed by atoms with van der Waals surface area (Å²) >= 11 is 3.22. The van der Waals surface area contributed by atoms with E-state index in [1.54, 1.807) is 18.2 Å². The molecular formula is C12H12BrF3O2. The topological polar surface area (TPSA) is 26.3 Å². The largest absolute Gasteiger partial charge is 0.496 e. The fourth-order valence-corrected chi connectivity index (χ4v) is 1.97. The van der Waals surface area contributed by atoms with E-state index in [9.17, 15) is 18.0 Å². The lowest BCUT2D eigenvalue weighted by atomic mass is 10.1. The van der Waals surface area contributed by atoms with Crippen molar-refractivity contribution in [3.8, 4) is 5.75 Å². The third kappa shape index (κ3) is 4.68. The number of hydrogen-bond acceptors (Lipinski definition) is 2. The van der Waals surface area contributed by atoms with Crippen molar-refractivity contribution in [2.24, 2.45) is 0 Å². The van der Waals surface area contributed by atoms with Gasteiger partial charge in [-0.3, -0.25) is 4.79 Å². The molecular weight excluding hydrogens is 313 g/mol. The first-order valence-corrected chi connectivity index (χ1v) is 6.06. The molecule has 18 heavy (non-hydrogen) atoms. The van der Waals surface area contributed by atoms with Crippen molar-refractivity contribution >= 4 is 21.7 Å². The SMILES string of the molecule is COc1ccc(C(=O)CCCC(F)(F)F)cc1Br. The van der Waals surface area contributed by atoms with Gasteiger partial charge in [0.25, 0.3) is 0 Å². The highest BCUT2D eigenvalue weighted by Crippen LogP contribution is 2.27.